The highest BCUT2D eigenvalue weighted by atomic mass is 16.5. The Morgan fingerprint density at radius 3 is 2.45 bits per heavy atom. The quantitative estimate of drug-likeness (QED) is 0.419. The molecule has 0 unspecified atom stereocenters. The van der Waals surface area contributed by atoms with E-state index in [1.54, 1.807) is 55.6 Å². The molecule has 1 heterocycles. The zero-order chi connectivity index (χ0) is 21.8. The van der Waals surface area contributed by atoms with Gasteiger partial charge < -0.3 is 18.6 Å². The number of esters is 1. The number of fused-ring (bicyclic) bond motifs is 1. The second-order valence-corrected chi connectivity index (χ2v) is 6.81. The van der Waals surface area contributed by atoms with E-state index in [2.05, 4.69) is 0 Å². The van der Waals surface area contributed by atoms with Gasteiger partial charge in [-0.15, -0.1) is 0 Å². The zero-order valence-electron chi connectivity index (χ0n) is 17.1. The van der Waals surface area contributed by atoms with Gasteiger partial charge in [0.1, 0.15) is 30.0 Å². The molecule has 0 spiro atoms. The highest BCUT2D eigenvalue weighted by Gasteiger charge is 2.13. The van der Waals surface area contributed by atoms with Crippen LogP contribution < -0.4 is 14.9 Å². The number of benzene rings is 3. The van der Waals surface area contributed by atoms with E-state index < -0.39 is 0 Å². The van der Waals surface area contributed by atoms with Crippen molar-refractivity contribution in [1.29, 1.82) is 0 Å². The van der Waals surface area contributed by atoms with Crippen LogP contribution in [0.15, 0.2) is 82.2 Å². The molecule has 0 saturated carbocycles. The third-order valence-corrected chi connectivity index (χ3v) is 4.92. The summed E-state index contributed by atoms with van der Waals surface area (Å²) in [5, 5.41) is 0.457. The van der Waals surface area contributed by atoms with Crippen LogP contribution in [0.3, 0.4) is 0 Å². The van der Waals surface area contributed by atoms with E-state index in [4.69, 9.17) is 18.6 Å². The molecule has 6 heteroatoms. The van der Waals surface area contributed by atoms with Crippen molar-refractivity contribution in [3.63, 3.8) is 0 Å². The van der Waals surface area contributed by atoms with Gasteiger partial charge in [-0.25, -0.2) is 4.79 Å². The molecule has 0 aliphatic heterocycles. The minimum absolute atomic E-state index is 0.143. The average molecular weight is 416 g/mol. The maximum atomic E-state index is 13.0. The van der Waals surface area contributed by atoms with E-state index in [1.165, 1.54) is 13.4 Å². The first-order chi connectivity index (χ1) is 15.1. The summed E-state index contributed by atoms with van der Waals surface area (Å²) in [5.41, 5.74) is 2.77. The van der Waals surface area contributed by atoms with Crippen molar-refractivity contribution in [1.82, 2.24) is 0 Å². The summed E-state index contributed by atoms with van der Waals surface area (Å²) in [6.45, 7) is 0.302. The van der Waals surface area contributed by atoms with Crippen LogP contribution in [0.2, 0.25) is 0 Å². The molecule has 1 aromatic heterocycles. The van der Waals surface area contributed by atoms with Gasteiger partial charge in [0, 0.05) is 11.6 Å². The summed E-state index contributed by atoms with van der Waals surface area (Å²) >= 11 is 0. The molecule has 0 bridgehead atoms. The van der Waals surface area contributed by atoms with Crippen molar-refractivity contribution in [3.8, 4) is 22.6 Å². The molecule has 0 aliphatic rings. The maximum Gasteiger partial charge on any atom is 0.337 e. The third-order valence-electron chi connectivity index (χ3n) is 4.92. The first-order valence-electron chi connectivity index (χ1n) is 9.59. The fourth-order valence-electron chi connectivity index (χ4n) is 3.27. The van der Waals surface area contributed by atoms with Crippen molar-refractivity contribution >= 4 is 16.9 Å². The lowest BCUT2D eigenvalue weighted by Crippen LogP contribution is -2.06. The molecule has 0 aliphatic carbocycles. The van der Waals surface area contributed by atoms with Crippen LogP contribution in [0.4, 0.5) is 0 Å². The summed E-state index contributed by atoms with van der Waals surface area (Å²) in [4.78, 5) is 24.5. The molecule has 0 fully saturated rings. The Kier molecular flexibility index (Phi) is 5.71. The van der Waals surface area contributed by atoms with Gasteiger partial charge in [-0.3, -0.25) is 4.79 Å². The molecule has 0 saturated heterocycles. The lowest BCUT2D eigenvalue weighted by molar-refractivity contribution is 0.0600. The van der Waals surface area contributed by atoms with Gasteiger partial charge in [0.25, 0.3) is 0 Å². The molecule has 156 valence electrons. The number of rotatable bonds is 6. The standard InChI is InChI=1S/C25H20O6/c1-28-22-6-4-3-5-19(22)21-15-31-23-13-18(11-12-20(23)24(21)26)30-14-16-7-9-17(10-8-16)25(27)29-2/h3-13,15H,14H2,1-2H3. The molecule has 31 heavy (non-hydrogen) atoms. The largest absolute Gasteiger partial charge is 0.496 e. The number of carbonyl (C=O) groups excluding carboxylic acids is 1. The van der Waals surface area contributed by atoms with Crippen LogP contribution in [0, 0.1) is 0 Å². The molecule has 0 atom stereocenters. The fourth-order valence-corrected chi connectivity index (χ4v) is 3.27. The molecular weight excluding hydrogens is 396 g/mol. The SMILES string of the molecule is COC(=O)c1ccc(COc2ccc3c(=O)c(-c4ccccc4OC)coc3c2)cc1. The molecule has 6 nitrogen and oxygen atoms in total. The van der Waals surface area contributed by atoms with E-state index in [9.17, 15) is 9.59 Å². The van der Waals surface area contributed by atoms with Crippen molar-refractivity contribution in [3.05, 3.63) is 94.3 Å². The second-order valence-electron chi connectivity index (χ2n) is 6.81. The minimum Gasteiger partial charge on any atom is -0.496 e. The van der Waals surface area contributed by atoms with E-state index in [0.29, 0.717) is 45.8 Å². The average Bonchev–Trinajstić information content (AvgIpc) is 2.82. The molecule has 0 N–H and O–H groups in total. The maximum absolute atomic E-state index is 13.0. The topological polar surface area (TPSA) is 75.0 Å². The van der Waals surface area contributed by atoms with E-state index in [-0.39, 0.29) is 11.4 Å². The van der Waals surface area contributed by atoms with Crippen molar-refractivity contribution < 1.29 is 23.4 Å². The highest BCUT2D eigenvalue weighted by Crippen LogP contribution is 2.29. The number of ether oxygens (including phenoxy) is 3. The smallest absolute Gasteiger partial charge is 0.337 e. The first-order valence-corrected chi connectivity index (χ1v) is 9.59. The molecule has 4 aromatic rings. The van der Waals surface area contributed by atoms with Crippen molar-refractivity contribution in [2.75, 3.05) is 14.2 Å². The molecule has 4 rings (SSSR count). The minimum atomic E-state index is -0.385. The normalized spacial score (nSPS) is 10.6. The second kappa shape index (κ2) is 8.75. The number of hydrogen-bond acceptors (Lipinski definition) is 6. The van der Waals surface area contributed by atoms with Crippen molar-refractivity contribution in [2.24, 2.45) is 0 Å². The first kappa shape index (κ1) is 20.2. The summed E-state index contributed by atoms with van der Waals surface area (Å²) < 4.78 is 21.6. The van der Waals surface area contributed by atoms with Gasteiger partial charge in [0.15, 0.2) is 0 Å². The van der Waals surface area contributed by atoms with E-state index in [1.807, 2.05) is 18.2 Å². The van der Waals surface area contributed by atoms with Gasteiger partial charge in [0.05, 0.1) is 30.7 Å². The van der Waals surface area contributed by atoms with Crippen LogP contribution in [0.25, 0.3) is 22.1 Å². The van der Waals surface area contributed by atoms with Gasteiger partial charge in [-0.1, -0.05) is 30.3 Å². The Morgan fingerprint density at radius 2 is 1.71 bits per heavy atom. The monoisotopic (exact) mass is 416 g/mol. The molecule has 0 radical (unpaired) electrons. The van der Waals surface area contributed by atoms with Crippen LogP contribution in [-0.4, -0.2) is 20.2 Å². The Morgan fingerprint density at radius 1 is 0.935 bits per heavy atom. The van der Waals surface area contributed by atoms with Crippen LogP contribution >= 0.6 is 0 Å². The predicted molar refractivity (Wildman–Crippen MR) is 117 cm³/mol. The summed E-state index contributed by atoms with van der Waals surface area (Å²) in [6.07, 6.45) is 1.44. The lowest BCUT2D eigenvalue weighted by Gasteiger charge is -2.10. The van der Waals surface area contributed by atoms with E-state index >= 15 is 0 Å². The number of para-hydroxylation sites is 1. The predicted octanol–water partition coefficient (Wildman–Crippen LogP) is 4.83. The van der Waals surface area contributed by atoms with Crippen LogP contribution in [0.5, 0.6) is 11.5 Å². The lowest BCUT2D eigenvalue weighted by atomic mass is 10.0. The Labute approximate surface area is 178 Å². The summed E-state index contributed by atoms with van der Waals surface area (Å²) in [5.74, 6) is 0.787. The molecule has 3 aromatic carbocycles. The number of carbonyl (C=O) groups is 1. The summed E-state index contributed by atoms with van der Waals surface area (Å²) in [7, 11) is 2.91. The third kappa shape index (κ3) is 4.14. The van der Waals surface area contributed by atoms with Gasteiger partial charge in [-0.2, -0.15) is 0 Å². The van der Waals surface area contributed by atoms with Crippen molar-refractivity contribution in [2.45, 2.75) is 6.61 Å². The van der Waals surface area contributed by atoms with Crippen LogP contribution in [-0.2, 0) is 11.3 Å². The number of methoxy groups -OCH3 is 2. The van der Waals surface area contributed by atoms with Gasteiger partial charge >= 0.3 is 5.97 Å². The Bertz CT molecular complexity index is 1290. The van der Waals surface area contributed by atoms with E-state index in [0.717, 1.165) is 5.56 Å². The Hall–Kier alpha value is -4.06. The zero-order valence-corrected chi connectivity index (χ0v) is 17.1. The van der Waals surface area contributed by atoms with Crippen LogP contribution in [0.1, 0.15) is 15.9 Å². The molecular formula is C25H20O6. The van der Waals surface area contributed by atoms with Gasteiger partial charge in [0.2, 0.25) is 5.43 Å². The highest BCUT2D eigenvalue weighted by molar-refractivity contribution is 5.89. The Balaban J connectivity index is 1.56. The summed E-state index contributed by atoms with van der Waals surface area (Å²) in [6, 6.07) is 19.4. The van der Waals surface area contributed by atoms with Gasteiger partial charge in [-0.05, 0) is 35.9 Å². The fraction of sp³-hybridized carbons (Fsp3) is 0.120. The number of hydrogen-bond donors (Lipinski definition) is 0. The molecule has 0 amide bonds.